The van der Waals surface area contributed by atoms with E-state index in [2.05, 4.69) is 21.1 Å². The number of rotatable bonds is 6. The predicted octanol–water partition coefficient (Wildman–Crippen LogP) is 4.26. The maximum atomic E-state index is 12.7. The number of pyridine rings is 1. The van der Waals surface area contributed by atoms with Gasteiger partial charge in [-0.3, -0.25) is 9.88 Å². The lowest BCUT2D eigenvalue weighted by molar-refractivity contribution is -0.141. The van der Waals surface area contributed by atoms with Crippen LogP contribution in [-0.2, 0) is 12.7 Å². The van der Waals surface area contributed by atoms with Gasteiger partial charge in [0.25, 0.3) is 0 Å². The van der Waals surface area contributed by atoms with Crippen LogP contribution in [0.3, 0.4) is 0 Å². The normalized spacial score (nSPS) is 19.4. The van der Waals surface area contributed by atoms with Crippen LogP contribution in [0.15, 0.2) is 28.9 Å². The van der Waals surface area contributed by atoms with Crippen molar-refractivity contribution < 1.29 is 22.4 Å². The molecule has 0 bridgehead atoms. The van der Waals surface area contributed by atoms with Crippen LogP contribution in [0, 0.1) is 5.92 Å². The molecule has 146 valence electrons. The fourth-order valence-electron chi connectivity index (χ4n) is 3.37. The average molecular weight is 381 g/mol. The van der Waals surface area contributed by atoms with Crippen LogP contribution in [0.1, 0.15) is 48.7 Å². The van der Waals surface area contributed by atoms with Gasteiger partial charge >= 0.3 is 6.18 Å². The zero-order valence-electron chi connectivity index (χ0n) is 14.9. The highest BCUT2D eigenvalue weighted by molar-refractivity contribution is 5.24. The Balaban J connectivity index is 1.22. The molecule has 2 aliphatic rings. The highest BCUT2D eigenvalue weighted by Crippen LogP contribution is 2.40. The Hall–Kier alpha value is -2.09. The van der Waals surface area contributed by atoms with E-state index in [0.717, 1.165) is 56.2 Å². The van der Waals surface area contributed by atoms with Crippen LogP contribution >= 0.6 is 0 Å². The molecule has 1 saturated heterocycles. The third-order valence-electron chi connectivity index (χ3n) is 5.16. The minimum absolute atomic E-state index is 0.218. The van der Waals surface area contributed by atoms with Gasteiger partial charge in [-0.25, -0.2) is 0 Å². The van der Waals surface area contributed by atoms with E-state index in [9.17, 15) is 13.2 Å². The molecule has 2 aromatic rings. The quantitative estimate of drug-likeness (QED) is 0.749. The largest absolute Gasteiger partial charge is 0.493 e. The van der Waals surface area contributed by atoms with E-state index in [1.54, 1.807) is 0 Å². The Kier molecular flexibility index (Phi) is 5.08. The molecule has 0 amide bonds. The maximum Gasteiger partial charge on any atom is 0.433 e. The summed E-state index contributed by atoms with van der Waals surface area (Å²) in [5.74, 6) is 2.13. The molecule has 0 spiro atoms. The number of hydrogen-bond donors (Lipinski definition) is 0. The van der Waals surface area contributed by atoms with Gasteiger partial charge in [0.15, 0.2) is 0 Å². The number of halogens is 3. The van der Waals surface area contributed by atoms with E-state index in [-0.39, 0.29) is 5.75 Å². The fraction of sp³-hybridized carbons (Fsp3) is 0.579. The van der Waals surface area contributed by atoms with Gasteiger partial charge in [0.1, 0.15) is 17.2 Å². The monoisotopic (exact) mass is 381 g/mol. The Morgan fingerprint density at radius 3 is 2.63 bits per heavy atom. The molecular formula is C19H22F3N3O2. The number of hydrogen-bond acceptors (Lipinski definition) is 5. The fourth-order valence-corrected chi connectivity index (χ4v) is 3.37. The van der Waals surface area contributed by atoms with Crippen molar-refractivity contribution >= 4 is 0 Å². The van der Waals surface area contributed by atoms with Crippen molar-refractivity contribution in [1.82, 2.24) is 15.0 Å². The van der Waals surface area contributed by atoms with Crippen molar-refractivity contribution in [3.8, 4) is 5.75 Å². The molecule has 8 heteroatoms. The van der Waals surface area contributed by atoms with Crippen LogP contribution in [0.5, 0.6) is 5.75 Å². The highest BCUT2D eigenvalue weighted by atomic mass is 19.4. The van der Waals surface area contributed by atoms with E-state index in [1.807, 2.05) is 0 Å². The molecule has 1 saturated carbocycles. The Bertz CT molecular complexity index is 766. The topological polar surface area (TPSA) is 51.4 Å². The molecular weight excluding hydrogens is 359 g/mol. The van der Waals surface area contributed by atoms with Crippen LogP contribution in [0.2, 0.25) is 0 Å². The Morgan fingerprint density at radius 2 is 1.93 bits per heavy atom. The lowest BCUT2D eigenvalue weighted by Gasteiger charge is -2.31. The number of alkyl halides is 3. The van der Waals surface area contributed by atoms with E-state index >= 15 is 0 Å². The van der Waals surface area contributed by atoms with Crippen molar-refractivity contribution in [1.29, 1.82) is 0 Å². The van der Waals surface area contributed by atoms with Gasteiger partial charge in [-0.2, -0.15) is 13.2 Å². The van der Waals surface area contributed by atoms with Gasteiger partial charge < -0.3 is 9.26 Å². The van der Waals surface area contributed by atoms with Crippen molar-refractivity contribution in [2.45, 2.75) is 44.3 Å². The minimum Gasteiger partial charge on any atom is -0.493 e. The molecule has 1 aliphatic carbocycles. The van der Waals surface area contributed by atoms with E-state index < -0.39 is 11.9 Å². The van der Waals surface area contributed by atoms with Gasteiger partial charge in [-0.15, -0.1) is 0 Å². The van der Waals surface area contributed by atoms with Gasteiger partial charge in [0.05, 0.1) is 12.3 Å². The van der Waals surface area contributed by atoms with Crippen LogP contribution < -0.4 is 4.74 Å². The molecule has 0 atom stereocenters. The minimum atomic E-state index is -4.45. The summed E-state index contributed by atoms with van der Waals surface area (Å²) in [5.41, 5.74) is 0.0519. The molecule has 3 heterocycles. The Labute approximate surface area is 155 Å². The molecule has 2 aromatic heterocycles. The van der Waals surface area contributed by atoms with Gasteiger partial charge in [-0.05, 0) is 50.8 Å². The predicted molar refractivity (Wildman–Crippen MR) is 91.2 cm³/mol. The summed E-state index contributed by atoms with van der Waals surface area (Å²) in [5, 5.41) is 4.16. The number of aromatic nitrogens is 2. The van der Waals surface area contributed by atoms with E-state index in [4.69, 9.17) is 9.26 Å². The summed E-state index contributed by atoms with van der Waals surface area (Å²) in [6.07, 6.45) is 0.971. The number of likely N-dealkylation sites (tertiary alicyclic amines) is 1. The molecule has 1 aliphatic heterocycles. The number of piperidine rings is 1. The van der Waals surface area contributed by atoms with Gasteiger partial charge in [-0.1, -0.05) is 5.16 Å². The smallest absolute Gasteiger partial charge is 0.433 e. The number of ether oxygens (including phenoxy) is 1. The highest BCUT2D eigenvalue weighted by Gasteiger charge is 2.33. The first-order chi connectivity index (χ1) is 13.0. The summed E-state index contributed by atoms with van der Waals surface area (Å²) in [6, 6.07) is 4.48. The molecule has 0 unspecified atom stereocenters. The first-order valence-electron chi connectivity index (χ1n) is 9.31. The van der Waals surface area contributed by atoms with Gasteiger partial charge in [0.2, 0.25) is 0 Å². The van der Waals surface area contributed by atoms with Gasteiger partial charge in [0, 0.05) is 30.8 Å². The second-order valence-corrected chi connectivity index (χ2v) is 7.40. The van der Waals surface area contributed by atoms with Crippen molar-refractivity contribution in [2.24, 2.45) is 5.92 Å². The zero-order valence-corrected chi connectivity index (χ0v) is 14.9. The van der Waals surface area contributed by atoms with Crippen LogP contribution in [-0.4, -0.2) is 34.7 Å². The number of nitrogens with zero attached hydrogens (tertiary/aromatic N) is 3. The van der Waals surface area contributed by atoms with Crippen molar-refractivity contribution in [3.63, 3.8) is 0 Å². The van der Waals surface area contributed by atoms with Crippen molar-refractivity contribution in [3.05, 3.63) is 41.5 Å². The second kappa shape index (κ2) is 7.50. The molecule has 5 nitrogen and oxygen atoms in total. The summed E-state index contributed by atoms with van der Waals surface area (Å²) >= 11 is 0. The first-order valence-corrected chi connectivity index (χ1v) is 9.31. The molecule has 2 fully saturated rings. The summed E-state index contributed by atoms with van der Waals surface area (Å²) in [6.45, 7) is 3.04. The van der Waals surface area contributed by atoms with E-state index in [0.29, 0.717) is 18.4 Å². The summed E-state index contributed by atoms with van der Waals surface area (Å²) in [4.78, 5) is 5.68. The molecule has 0 aromatic carbocycles. The van der Waals surface area contributed by atoms with E-state index in [1.165, 1.54) is 18.9 Å². The lowest BCUT2D eigenvalue weighted by Crippen LogP contribution is -2.35. The zero-order chi connectivity index (χ0) is 18.9. The maximum absolute atomic E-state index is 12.7. The van der Waals surface area contributed by atoms with Crippen LogP contribution in [0.4, 0.5) is 13.2 Å². The Morgan fingerprint density at radius 1 is 1.15 bits per heavy atom. The standard InChI is InChI=1S/C19H22F3N3O2/c20-19(21,22)18-10-16(3-6-23-18)26-12-13-4-7-25(8-5-13)11-15-9-17(27-24-15)14-1-2-14/h3,6,9-10,13-14H,1-2,4-5,7-8,11-12H2. The third kappa shape index (κ3) is 4.80. The summed E-state index contributed by atoms with van der Waals surface area (Å²) < 4.78 is 49.1. The first kappa shape index (κ1) is 18.3. The lowest BCUT2D eigenvalue weighted by atomic mass is 9.97. The molecule has 0 radical (unpaired) electrons. The summed E-state index contributed by atoms with van der Waals surface area (Å²) in [7, 11) is 0. The molecule has 0 N–H and O–H groups in total. The molecule has 27 heavy (non-hydrogen) atoms. The third-order valence-corrected chi connectivity index (χ3v) is 5.16. The SMILES string of the molecule is FC(F)(F)c1cc(OCC2CCN(Cc3cc(C4CC4)on3)CC2)ccn1. The second-order valence-electron chi connectivity index (χ2n) is 7.40. The average Bonchev–Trinajstić information content (AvgIpc) is 3.40. The van der Waals surface area contributed by atoms with Crippen molar-refractivity contribution in [2.75, 3.05) is 19.7 Å². The van der Waals surface area contributed by atoms with Crippen LogP contribution in [0.25, 0.3) is 0 Å². The molecule has 4 rings (SSSR count).